The van der Waals surface area contributed by atoms with Gasteiger partial charge in [-0.3, -0.25) is 0 Å². The zero-order chi connectivity index (χ0) is 12.3. The van der Waals surface area contributed by atoms with Crippen LogP contribution in [0.3, 0.4) is 0 Å². The second-order valence-electron chi connectivity index (χ2n) is 5.84. The van der Waals surface area contributed by atoms with E-state index < -0.39 is 0 Å². The molecule has 2 rings (SSSR count). The standard InChI is InChI=1S/C13H26N2O2/c1-15-8-10(7-13(17)11-2-3-11)6-12(9-15)14-4-5-16/h10-14,16-17H,2-9H2,1H3. The highest BCUT2D eigenvalue weighted by molar-refractivity contribution is 4.87. The normalized spacial score (nSPS) is 32.6. The lowest BCUT2D eigenvalue weighted by Crippen LogP contribution is -2.48. The largest absolute Gasteiger partial charge is 0.395 e. The van der Waals surface area contributed by atoms with Crippen molar-refractivity contribution in [1.82, 2.24) is 10.2 Å². The van der Waals surface area contributed by atoms with Crippen LogP contribution in [0, 0.1) is 11.8 Å². The second kappa shape index (κ2) is 6.14. The van der Waals surface area contributed by atoms with E-state index in [-0.39, 0.29) is 12.7 Å². The van der Waals surface area contributed by atoms with Crippen molar-refractivity contribution in [2.45, 2.75) is 37.8 Å². The molecule has 1 aliphatic carbocycles. The Balaban J connectivity index is 1.76. The first-order valence-corrected chi connectivity index (χ1v) is 6.90. The van der Waals surface area contributed by atoms with Gasteiger partial charge in [0.15, 0.2) is 0 Å². The summed E-state index contributed by atoms with van der Waals surface area (Å²) < 4.78 is 0. The fraction of sp³-hybridized carbons (Fsp3) is 1.00. The lowest BCUT2D eigenvalue weighted by molar-refractivity contribution is 0.0830. The van der Waals surface area contributed by atoms with Crippen molar-refractivity contribution in [3.05, 3.63) is 0 Å². The molecule has 1 aliphatic heterocycles. The number of nitrogens with one attached hydrogen (secondary N) is 1. The lowest BCUT2D eigenvalue weighted by atomic mass is 9.88. The fourth-order valence-electron chi connectivity index (χ4n) is 3.05. The van der Waals surface area contributed by atoms with Crippen molar-refractivity contribution >= 4 is 0 Å². The van der Waals surface area contributed by atoms with Crippen LogP contribution in [0.5, 0.6) is 0 Å². The average molecular weight is 242 g/mol. The number of likely N-dealkylation sites (N-methyl/N-ethyl adjacent to an activating group) is 1. The molecule has 1 saturated carbocycles. The number of likely N-dealkylation sites (tertiary alicyclic amines) is 1. The predicted octanol–water partition coefficient (Wildman–Crippen LogP) is 0.0496. The van der Waals surface area contributed by atoms with E-state index in [1.807, 2.05) is 0 Å². The van der Waals surface area contributed by atoms with Crippen LogP contribution >= 0.6 is 0 Å². The van der Waals surface area contributed by atoms with Crippen molar-refractivity contribution in [3.8, 4) is 0 Å². The molecule has 17 heavy (non-hydrogen) atoms. The monoisotopic (exact) mass is 242 g/mol. The highest BCUT2D eigenvalue weighted by atomic mass is 16.3. The summed E-state index contributed by atoms with van der Waals surface area (Å²) in [5, 5.41) is 22.2. The van der Waals surface area contributed by atoms with Crippen molar-refractivity contribution < 1.29 is 10.2 Å². The molecule has 0 radical (unpaired) electrons. The molecule has 3 atom stereocenters. The minimum absolute atomic E-state index is 0.0787. The van der Waals surface area contributed by atoms with Gasteiger partial charge >= 0.3 is 0 Å². The van der Waals surface area contributed by atoms with E-state index in [0.29, 0.717) is 24.4 Å². The number of aliphatic hydroxyl groups excluding tert-OH is 2. The van der Waals surface area contributed by atoms with Gasteiger partial charge in [-0.05, 0) is 44.6 Å². The molecule has 0 amide bonds. The van der Waals surface area contributed by atoms with Gasteiger partial charge in [0, 0.05) is 25.7 Å². The van der Waals surface area contributed by atoms with Crippen molar-refractivity contribution in [1.29, 1.82) is 0 Å². The Hall–Kier alpha value is -0.160. The number of aliphatic hydroxyl groups is 2. The van der Waals surface area contributed by atoms with Gasteiger partial charge in [0.25, 0.3) is 0 Å². The third-order valence-corrected chi connectivity index (χ3v) is 4.01. The molecule has 2 aliphatic rings. The van der Waals surface area contributed by atoms with Gasteiger partial charge in [-0.2, -0.15) is 0 Å². The van der Waals surface area contributed by atoms with Crippen molar-refractivity contribution in [2.24, 2.45) is 11.8 Å². The molecule has 100 valence electrons. The van der Waals surface area contributed by atoms with Crippen LogP contribution in [-0.4, -0.2) is 60.5 Å². The van der Waals surface area contributed by atoms with Crippen LogP contribution in [0.25, 0.3) is 0 Å². The average Bonchev–Trinajstić information content (AvgIpc) is 3.09. The molecule has 1 heterocycles. The van der Waals surface area contributed by atoms with Gasteiger partial charge in [-0.1, -0.05) is 0 Å². The zero-order valence-electron chi connectivity index (χ0n) is 10.8. The number of rotatable bonds is 6. The summed E-state index contributed by atoms with van der Waals surface area (Å²) in [6.07, 6.45) is 4.44. The Bertz CT molecular complexity index is 233. The van der Waals surface area contributed by atoms with E-state index in [4.69, 9.17) is 5.11 Å². The Kier molecular flexibility index (Phi) is 4.79. The minimum atomic E-state index is -0.0787. The quantitative estimate of drug-likeness (QED) is 0.616. The Morgan fingerprint density at radius 2 is 2.12 bits per heavy atom. The predicted molar refractivity (Wildman–Crippen MR) is 67.8 cm³/mol. The summed E-state index contributed by atoms with van der Waals surface area (Å²) in [5.74, 6) is 1.19. The molecule has 2 fully saturated rings. The molecular formula is C13H26N2O2. The molecule has 1 saturated heterocycles. The van der Waals surface area contributed by atoms with Gasteiger partial charge in [-0.25, -0.2) is 0 Å². The van der Waals surface area contributed by atoms with Gasteiger partial charge in [0.05, 0.1) is 12.7 Å². The highest BCUT2D eigenvalue weighted by Crippen LogP contribution is 2.36. The Labute approximate surface area is 104 Å². The third-order valence-electron chi connectivity index (χ3n) is 4.01. The van der Waals surface area contributed by atoms with Crippen molar-refractivity contribution in [2.75, 3.05) is 33.3 Å². The molecule has 0 bridgehead atoms. The first kappa shape index (κ1) is 13.3. The van der Waals surface area contributed by atoms with Gasteiger partial charge < -0.3 is 20.4 Å². The van der Waals surface area contributed by atoms with E-state index in [1.165, 1.54) is 12.8 Å². The molecule has 4 heteroatoms. The van der Waals surface area contributed by atoms with Crippen LogP contribution in [0.4, 0.5) is 0 Å². The molecule has 4 nitrogen and oxygen atoms in total. The molecular weight excluding hydrogens is 216 g/mol. The smallest absolute Gasteiger partial charge is 0.0571 e. The maximum Gasteiger partial charge on any atom is 0.0571 e. The first-order valence-electron chi connectivity index (χ1n) is 6.90. The van der Waals surface area contributed by atoms with Crippen LogP contribution in [0.2, 0.25) is 0 Å². The van der Waals surface area contributed by atoms with Crippen molar-refractivity contribution in [3.63, 3.8) is 0 Å². The molecule has 0 spiro atoms. The molecule has 0 aromatic carbocycles. The van der Waals surface area contributed by atoms with E-state index in [2.05, 4.69) is 17.3 Å². The van der Waals surface area contributed by atoms with Gasteiger partial charge in [0.1, 0.15) is 0 Å². The Morgan fingerprint density at radius 3 is 2.76 bits per heavy atom. The first-order chi connectivity index (χ1) is 8.19. The van der Waals surface area contributed by atoms with Crippen LogP contribution in [0.1, 0.15) is 25.7 Å². The minimum Gasteiger partial charge on any atom is -0.395 e. The summed E-state index contributed by atoms with van der Waals surface area (Å²) in [7, 11) is 2.14. The van der Waals surface area contributed by atoms with Gasteiger partial charge in [-0.15, -0.1) is 0 Å². The molecule has 3 N–H and O–H groups in total. The summed E-state index contributed by atoms with van der Waals surface area (Å²) >= 11 is 0. The number of nitrogens with zero attached hydrogens (tertiary/aromatic N) is 1. The van der Waals surface area contributed by atoms with Gasteiger partial charge in [0.2, 0.25) is 0 Å². The summed E-state index contributed by atoms with van der Waals surface area (Å²) in [6.45, 7) is 3.03. The topological polar surface area (TPSA) is 55.7 Å². The number of hydrogen-bond donors (Lipinski definition) is 3. The number of piperidine rings is 1. The maximum absolute atomic E-state index is 10.0. The maximum atomic E-state index is 10.0. The fourth-order valence-corrected chi connectivity index (χ4v) is 3.05. The van der Waals surface area contributed by atoms with E-state index in [9.17, 15) is 5.11 Å². The van der Waals surface area contributed by atoms with Crippen LogP contribution < -0.4 is 5.32 Å². The van der Waals surface area contributed by atoms with E-state index >= 15 is 0 Å². The molecule has 0 aromatic heterocycles. The second-order valence-corrected chi connectivity index (χ2v) is 5.84. The zero-order valence-corrected chi connectivity index (χ0v) is 10.8. The Morgan fingerprint density at radius 1 is 1.35 bits per heavy atom. The van der Waals surface area contributed by atoms with E-state index in [1.54, 1.807) is 0 Å². The third kappa shape index (κ3) is 4.21. The summed E-state index contributed by atoms with van der Waals surface area (Å²) in [6, 6.07) is 0.470. The van der Waals surface area contributed by atoms with E-state index in [0.717, 1.165) is 25.9 Å². The lowest BCUT2D eigenvalue weighted by Gasteiger charge is -2.37. The van der Waals surface area contributed by atoms with Crippen LogP contribution in [-0.2, 0) is 0 Å². The highest BCUT2D eigenvalue weighted by Gasteiger charge is 2.33. The summed E-state index contributed by atoms with van der Waals surface area (Å²) in [5.41, 5.74) is 0. The number of hydrogen-bond acceptors (Lipinski definition) is 4. The summed E-state index contributed by atoms with van der Waals surface area (Å²) in [4.78, 5) is 2.34. The SMILES string of the molecule is CN1CC(CC(O)C2CC2)CC(NCCO)C1. The molecule has 3 unspecified atom stereocenters. The van der Waals surface area contributed by atoms with Crippen LogP contribution in [0.15, 0.2) is 0 Å². The molecule has 0 aromatic rings.